The van der Waals surface area contributed by atoms with Crippen LogP contribution < -0.4 is 14.8 Å². The van der Waals surface area contributed by atoms with Crippen LogP contribution in [0.5, 0.6) is 5.75 Å². The van der Waals surface area contributed by atoms with Gasteiger partial charge in [0.05, 0.1) is 30.3 Å². The van der Waals surface area contributed by atoms with Crippen molar-refractivity contribution in [2.75, 3.05) is 17.1 Å². The van der Waals surface area contributed by atoms with Crippen LogP contribution in [0.15, 0.2) is 95.1 Å². The number of hydrazone groups is 2. The highest BCUT2D eigenvalue weighted by Gasteiger charge is 2.50. The van der Waals surface area contributed by atoms with Crippen molar-refractivity contribution in [1.29, 1.82) is 0 Å². The molecule has 7 heteroatoms. The van der Waals surface area contributed by atoms with Crippen LogP contribution in [0.25, 0.3) is 0 Å². The lowest BCUT2D eigenvalue weighted by atomic mass is 9.73. The maximum absolute atomic E-state index is 13.8. The molecule has 0 radical (unpaired) electrons. The lowest BCUT2D eigenvalue weighted by Gasteiger charge is -2.28. The molecule has 7 nitrogen and oxygen atoms in total. The Morgan fingerprint density at radius 2 is 1.11 bits per heavy atom. The Morgan fingerprint density at radius 1 is 0.686 bits per heavy atom. The number of para-hydroxylation sites is 2. The van der Waals surface area contributed by atoms with Gasteiger partial charge in [-0.2, -0.15) is 10.2 Å². The number of hydrogen-bond acceptors (Lipinski definition) is 5. The minimum atomic E-state index is -0.613. The first-order valence-electron chi connectivity index (χ1n) is 11.5. The highest BCUT2D eigenvalue weighted by Crippen LogP contribution is 2.42. The smallest absolute Gasteiger partial charge is 0.256 e. The number of nitrogens with zero attached hydrogens (tertiary/aromatic N) is 4. The Kier molecular flexibility index (Phi) is 5.91. The molecule has 5 rings (SSSR count). The summed E-state index contributed by atoms with van der Waals surface area (Å²) in [5, 5.41) is 12.1. The SMILES string of the molecule is COc1ccc(C(C2C(=O)N(c3ccccc3)N=C2C)C2C(=O)N(c3ccccc3)N=C2C)cc1. The molecular weight excluding hydrogens is 440 g/mol. The molecule has 0 aromatic heterocycles. The largest absolute Gasteiger partial charge is 0.497 e. The van der Waals surface area contributed by atoms with Crippen molar-refractivity contribution in [1.82, 2.24) is 0 Å². The summed E-state index contributed by atoms with van der Waals surface area (Å²) in [6.45, 7) is 3.70. The van der Waals surface area contributed by atoms with Crippen LogP contribution in [0.3, 0.4) is 0 Å². The van der Waals surface area contributed by atoms with E-state index in [4.69, 9.17) is 4.74 Å². The van der Waals surface area contributed by atoms with Gasteiger partial charge in [-0.05, 0) is 55.8 Å². The highest BCUT2D eigenvalue weighted by atomic mass is 16.5. The molecule has 2 heterocycles. The lowest BCUT2D eigenvalue weighted by molar-refractivity contribution is -0.122. The minimum absolute atomic E-state index is 0.159. The van der Waals surface area contributed by atoms with E-state index in [1.165, 1.54) is 10.0 Å². The van der Waals surface area contributed by atoms with Crippen LogP contribution >= 0.6 is 0 Å². The molecule has 176 valence electrons. The normalized spacial score (nSPS) is 20.7. The Labute approximate surface area is 204 Å². The molecule has 0 N–H and O–H groups in total. The fourth-order valence-electron chi connectivity index (χ4n) is 4.90. The third kappa shape index (κ3) is 3.99. The summed E-state index contributed by atoms with van der Waals surface area (Å²) in [4.78, 5) is 27.6. The molecule has 0 spiro atoms. The molecule has 2 amide bonds. The molecule has 2 aliphatic rings. The standard InChI is InChI=1S/C28H26N4O3/c1-18-24(27(33)31(29-18)21-10-6-4-7-11-21)26(20-14-16-23(35-3)17-15-20)25-19(2)30-32(28(25)34)22-12-8-5-9-13-22/h4-17,24-26H,1-3H3. The van der Waals surface area contributed by atoms with Crippen molar-refractivity contribution in [3.8, 4) is 5.75 Å². The Bertz CT molecular complexity index is 1220. The highest BCUT2D eigenvalue weighted by molar-refractivity contribution is 6.19. The second-order valence-electron chi connectivity index (χ2n) is 8.71. The first-order valence-corrected chi connectivity index (χ1v) is 11.5. The average Bonchev–Trinajstić information content (AvgIpc) is 3.36. The fraction of sp³-hybridized carbons (Fsp3) is 0.214. The van der Waals surface area contributed by atoms with E-state index < -0.39 is 17.8 Å². The number of carbonyl (C=O) groups is 2. The predicted molar refractivity (Wildman–Crippen MR) is 137 cm³/mol. The van der Waals surface area contributed by atoms with Crippen molar-refractivity contribution < 1.29 is 14.3 Å². The first-order chi connectivity index (χ1) is 17.0. The molecule has 0 aliphatic carbocycles. The third-order valence-corrected chi connectivity index (χ3v) is 6.59. The van der Waals surface area contributed by atoms with Gasteiger partial charge in [-0.15, -0.1) is 0 Å². The summed E-state index contributed by atoms with van der Waals surface area (Å²) in [5.74, 6) is -1.31. The zero-order valence-electron chi connectivity index (χ0n) is 19.8. The average molecular weight is 467 g/mol. The van der Waals surface area contributed by atoms with Crippen LogP contribution in [0.4, 0.5) is 11.4 Å². The zero-order chi connectivity index (χ0) is 24.5. The molecule has 35 heavy (non-hydrogen) atoms. The molecule has 0 fully saturated rings. The van der Waals surface area contributed by atoms with Crippen molar-refractivity contribution >= 4 is 34.6 Å². The molecule has 3 aromatic rings. The summed E-state index contributed by atoms with van der Waals surface area (Å²) in [6, 6.07) is 26.2. The van der Waals surface area contributed by atoms with Gasteiger partial charge in [0, 0.05) is 17.3 Å². The maximum Gasteiger partial charge on any atom is 0.256 e. The van der Waals surface area contributed by atoms with Crippen molar-refractivity contribution in [2.45, 2.75) is 19.8 Å². The quantitative estimate of drug-likeness (QED) is 0.521. The predicted octanol–water partition coefficient (Wildman–Crippen LogP) is 4.86. The van der Waals surface area contributed by atoms with E-state index in [-0.39, 0.29) is 11.8 Å². The molecule has 0 saturated heterocycles. The van der Waals surface area contributed by atoms with Gasteiger partial charge in [-0.1, -0.05) is 48.5 Å². The van der Waals surface area contributed by atoms with E-state index in [0.29, 0.717) is 28.5 Å². The minimum Gasteiger partial charge on any atom is -0.497 e. The van der Waals surface area contributed by atoms with E-state index in [2.05, 4.69) is 10.2 Å². The molecule has 2 unspecified atom stereocenters. The van der Waals surface area contributed by atoms with E-state index in [0.717, 1.165) is 5.56 Å². The van der Waals surface area contributed by atoms with Gasteiger partial charge >= 0.3 is 0 Å². The van der Waals surface area contributed by atoms with Gasteiger partial charge in [-0.3, -0.25) is 9.59 Å². The summed E-state index contributed by atoms with van der Waals surface area (Å²) in [7, 11) is 1.61. The molecule has 0 bridgehead atoms. The second kappa shape index (κ2) is 9.18. The third-order valence-electron chi connectivity index (χ3n) is 6.59. The molecule has 2 atom stereocenters. The van der Waals surface area contributed by atoms with E-state index in [1.54, 1.807) is 7.11 Å². The van der Waals surface area contributed by atoms with Gasteiger partial charge in [-0.25, -0.2) is 10.0 Å². The summed E-state index contributed by atoms with van der Waals surface area (Å²) in [5.41, 5.74) is 3.58. The Hall–Kier alpha value is -4.26. The van der Waals surface area contributed by atoms with Crippen molar-refractivity contribution in [3.05, 3.63) is 90.5 Å². The monoisotopic (exact) mass is 466 g/mol. The van der Waals surface area contributed by atoms with Crippen LogP contribution in [-0.2, 0) is 9.59 Å². The lowest BCUT2D eigenvalue weighted by Crippen LogP contribution is -2.40. The van der Waals surface area contributed by atoms with Crippen LogP contribution in [0, 0.1) is 11.8 Å². The van der Waals surface area contributed by atoms with Gasteiger partial charge in [0.25, 0.3) is 11.8 Å². The van der Waals surface area contributed by atoms with E-state index in [9.17, 15) is 9.59 Å². The van der Waals surface area contributed by atoms with E-state index >= 15 is 0 Å². The number of methoxy groups -OCH3 is 1. The zero-order valence-corrected chi connectivity index (χ0v) is 19.8. The molecular formula is C28H26N4O3. The first kappa shape index (κ1) is 22.5. The van der Waals surface area contributed by atoms with E-state index in [1.807, 2.05) is 98.8 Å². The number of ether oxygens (including phenoxy) is 1. The van der Waals surface area contributed by atoms with Gasteiger partial charge in [0.1, 0.15) is 5.75 Å². The van der Waals surface area contributed by atoms with Crippen LogP contribution in [0.2, 0.25) is 0 Å². The number of rotatable bonds is 6. The maximum atomic E-state index is 13.8. The topological polar surface area (TPSA) is 74.6 Å². The summed E-state index contributed by atoms with van der Waals surface area (Å²) in [6.07, 6.45) is 0. The fourth-order valence-corrected chi connectivity index (χ4v) is 4.90. The Balaban J connectivity index is 1.57. The second-order valence-corrected chi connectivity index (χ2v) is 8.71. The Morgan fingerprint density at radius 3 is 1.51 bits per heavy atom. The van der Waals surface area contributed by atoms with Crippen molar-refractivity contribution in [3.63, 3.8) is 0 Å². The number of carbonyl (C=O) groups excluding carboxylic acids is 2. The number of benzene rings is 3. The van der Waals surface area contributed by atoms with Gasteiger partial charge < -0.3 is 4.74 Å². The van der Waals surface area contributed by atoms with Gasteiger partial charge in [0.15, 0.2) is 0 Å². The molecule has 2 aliphatic heterocycles. The number of amides is 2. The number of anilines is 2. The number of hydrogen-bond donors (Lipinski definition) is 0. The van der Waals surface area contributed by atoms with Gasteiger partial charge in [0.2, 0.25) is 0 Å². The van der Waals surface area contributed by atoms with Crippen LogP contribution in [-0.4, -0.2) is 30.3 Å². The van der Waals surface area contributed by atoms with Crippen molar-refractivity contribution in [2.24, 2.45) is 22.0 Å². The molecule has 0 saturated carbocycles. The summed E-state index contributed by atoms with van der Waals surface area (Å²) >= 11 is 0. The van der Waals surface area contributed by atoms with Crippen LogP contribution in [0.1, 0.15) is 25.3 Å². The molecule has 3 aromatic carbocycles. The summed E-state index contributed by atoms with van der Waals surface area (Å²) < 4.78 is 5.34.